The fourth-order valence-electron chi connectivity index (χ4n) is 3.25. The number of hydrogen-bond donors (Lipinski definition) is 0. The van der Waals surface area contributed by atoms with Crippen LogP contribution in [0.4, 0.5) is 0 Å². The molecule has 6 heteroatoms. The van der Waals surface area contributed by atoms with Gasteiger partial charge in [-0.25, -0.2) is 4.68 Å². The molecule has 134 valence electrons. The van der Waals surface area contributed by atoms with E-state index in [4.69, 9.17) is 16.7 Å². The van der Waals surface area contributed by atoms with Crippen LogP contribution in [0.15, 0.2) is 24.3 Å². The zero-order valence-corrected chi connectivity index (χ0v) is 15.9. The number of aromatic nitrogens is 2. The van der Waals surface area contributed by atoms with Crippen LogP contribution in [0.1, 0.15) is 35.1 Å². The van der Waals surface area contributed by atoms with Gasteiger partial charge in [-0.3, -0.25) is 4.79 Å². The Kier molecular flexibility index (Phi) is 5.45. The van der Waals surface area contributed by atoms with Crippen molar-refractivity contribution in [3.05, 3.63) is 46.2 Å². The molecule has 1 aromatic carbocycles. The van der Waals surface area contributed by atoms with Crippen molar-refractivity contribution in [2.45, 2.75) is 26.7 Å². The zero-order valence-electron chi connectivity index (χ0n) is 15.1. The van der Waals surface area contributed by atoms with Gasteiger partial charge in [-0.15, -0.1) is 0 Å². The molecule has 1 aliphatic rings. The van der Waals surface area contributed by atoms with Crippen molar-refractivity contribution in [3.63, 3.8) is 0 Å². The fraction of sp³-hybridized carbons (Fsp3) is 0.474. The number of hydrogen-bond acceptors (Lipinski definition) is 3. The molecule has 25 heavy (non-hydrogen) atoms. The Morgan fingerprint density at radius 1 is 1.16 bits per heavy atom. The molecule has 1 fully saturated rings. The number of nitrogens with zero attached hydrogens (tertiary/aromatic N) is 4. The number of carbonyl (C=O) groups excluding carboxylic acids is 1. The normalized spacial score (nSPS) is 15.6. The Bertz CT molecular complexity index is 746. The van der Waals surface area contributed by atoms with E-state index in [0.29, 0.717) is 5.02 Å². The molecule has 1 saturated heterocycles. The van der Waals surface area contributed by atoms with Gasteiger partial charge in [-0.2, -0.15) is 5.10 Å². The van der Waals surface area contributed by atoms with Crippen LogP contribution < -0.4 is 0 Å². The number of piperazine rings is 1. The van der Waals surface area contributed by atoms with Crippen molar-refractivity contribution in [3.8, 4) is 5.69 Å². The Hall–Kier alpha value is -1.85. The van der Waals surface area contributed by atoms with Crippen LogP contribution >= 0.6 is 11.6 Å². The Balaban J connectivity index is 1.97. The Morgan fingerprint density at radius 3 is 2.40 bits per heavy atom. The molecule has 5 nitrogen and oxygen atoms in total. The molecule has 1 aromatic heterocycles. The summed E-state index contributed by atoms with van der Waals surface area (Å²) in [6.07, 6.45) is 1.76. The lowest BCUT2D eigenvalue weighted by atomic mass is 10.1. The summed E-state index contributed by atoms with van der Waals surface area (Å²) in [6.45, 7) is 7.46. The molecule has 1 aliphatic heterocycles. The van der Waals surface area contributed by atoms with Crippen LogP contribution in [0.3, 0.4) is 0 Å². The van der Waals surface area contributed by atoms with Crippen molar-refractivity contribution in [2.75, 3.05) is 33.2 Å². The van der Waals surface area contributed by atoms with Crippen molar-refractivity contribution in [2.24, 2.45) is 0 Å². The van der Waals surface area contributed by atoms with E-state index in [2.05, 4.69) is 18.9 Å². The molecule has 0 atom stereocenters. The van der Waals surface area contributed by atoms with Gasteiger partial charge in [0.15, 0.2) is 0 Å². The molecule has 3 rings (SSSR count). The lowest BCUT2D eigenvalue weighted by molar-refractivity contribution is 0.0662. The molecule has 1 amide bonds. The van der Waals surface area contributed by atoms with Gasteiger partial charge in [0.05, 0.1) is 22.6 Å². The monoisotopic (exact) mass is 360 g/mol. The topological polar surface area (TPSA) is 41.4 Å². The van der Waals surface area contributed by atoms with Gasteiger partial charge in [0.25, 0.3) is 5.91 Å². The second kappa shape index (κ2) is 7.58. The number of amides is 1. The first-order valence-corrected chi connectivity index (χ1v) is 9.21. The van der Waals surface area contributed by atoms with Crippen molar-refractivity contribution in [1.82, 2.24) is 19.6 Å². The summed E-state index contributed by atoms with van der Waals surface area (Å²) < 4.78 is 1.87. The van der Waals surface area contributed by atoms with Crippen LogP contribution in [-0.2, 0) is 6.42 Å². The summed E-state index contributed by atoms with van der Waals surface area (Å²) >= 11 is 5.99. The summed E-state index contributed by atoms with van der Waals surface area (Å²) in [5.74, 6) is 0.106. The minimum atomic E-state index is 0.106. The van der Waals surface area contributed by atoms with Crippen LogP contribution in [-0.4, -0.2) is 58.7 Å². The highest BCUT2D eigenvalue weighted by Crippen LogP contribution is 2.23. The molecule has 0 saturated carbocycles. The summed E-state index contributed by atoms with van der Waals surface area (Å²) in [5.41, 5.74) is 3.48. The van der Waals surface area contributed by atoms with E-state index in [1.807, 2.05) is 40.8 Å². The minimum absolute atomic E-state index is 0.106. The van der Waals surface area contributed by atoms with E-state index in [1.165, 1.54) is 0 Å². The summed E-state index contributed by atoms with van der Waals surface area (Å²) in [4.78, 5) is 17.4. The second-order valence-electron chi connectivity index (χ2n) is 6.64. The lowest BCUT2D eigenvalue weighted by Gasteiger charge is -2.32. The first-order chi connectivity index (χ1) is 12.0. The number of aryl methyl sites for hydroxylation is 1. The maximum Gasteiger partial charge on any atom is 0.257 e. The van der Waals surface area contributed by atoms with Crippen LogP contribution in [0.2, 0.25) is 5.02 Å². The summed E-state index contributed by atoms with van der Waals surface area (Å²) in [7, 11) is 2.09. The third kappa shape index (κ3) is 3.72. The van der Waals surface area contributed by atoms with Crippen molar-refractivity contribution < 1.29 is 4.79 Å². The van der Waals surface area contributed by atoms with Gasteiger partial charge < -0.3 is 9.80 Å². The van der Waals surface area contributed by atoms with E-state index in [9.17, 15) is 4.79 Å². The molecule has 0 spiro atoms. The smallest absolute Gasteiger partial charge is 0.257 e. The molecule has 0 bridgehead atoms. The van der Waals surface area contributed by atoms with Crippen molar-refractivity contribution in [1.29, 1.82) is 0 Å². The Labute approximate surface area is 154 Å². The zero-order chi connectivity index (χ0) is 18.0. The number of rotatable bonds is 4. The van der Waals surface area contributed by atoms with Gasteiger partial charge >= 0.3 is 0 Å². The summed E-state index contributed by atoms with van der Waals surface area (Å²) in [5, 5.41) is 5.44. The van der Waals surface area contributed by atoms with Gasteiger partial charge in [0.2, 0.25) is 0 Å². The average Bonchev–Trinajstić information content (AvgIpc) is 2.92. The highest BCUT2D eigenvalue weighted by atomic mass is 35.5. The highest BCUT2D eigenvalue weighted by Gasteiger charge is 2.27. The third-order valence-corrected chi connectivity index (χ3v) is 5.00. The molecular formula is C19H25ClN4O. The first-order valence-electron chi connectivity index (χ1n) is 8.83. The lowest BCUT2D eigenvalue weighted by Crippen LogP contribution is -2.47. The van der Waals surface area contributed by atoms with E-state index in [0.717, 1.165) is 61.7 Å². The van der Waals surface area contributed by atoms with E-state index in [-0.39, 0.29) is 5.91 Å². The SMILES string of the molecule is CCCc1nn(-c2ccc(Cl)cc2)c(C)c1C(=O)N1CCN(C)CC1. The predicted molar refractivity (Wildman–Crippen MR) is 101 cm³/mol. The number of carbonyl (C=O) groups is 1. The van der Waals surface area contributed by atoms with Gasteiger partial charge in [0.1, 0.15) is 0 Å². The second-order valence-corrected chi connectivity index (χ2v) is 7.08. The van der Waals surface area contributed by atoms with E-state index >= 15 is 0 Å². The molecular weight excluding hydrogens is 336 g/mol. The van der Waals surface area contributed by atoms with Crippen LogP contribution in [0.5, 0.6) is 0 Å². The van der Waals surface area contributed by atoms with Gasteiger partial charge in [-0.1, -0.05) is 24.9 Å². The molecule has 2 heterocycles. The molecule has 0 N–H and O–H groups in total. The number of likely N-dealkylation sites (N-methyl/N-ethyl adjacent to an activating group) is 1. The van der Waals surface area contributed by atoms with Crippen LogP contribution in [0.25, 0.3) is 5.69 Å². The molecule has 0 aliphatic carbocycles. The largest absolute Gasteiger partial charge is 0.336 e. The quantitative estimate of drug-likeness (QED) is 0.840. The standard InChI is InChI=1S/C19H25ClN4O/c1-4-5-17-18(19(25)23-12-10-22(3)11-13-23)14(2)24(21-17)16-8-6-15(20)7-9-16/h6-9H,4-5,10-13H2,1-3H3. The molecule has 0 unspecified atom stereocenters. The van der Waals surface area contributed by atoms with Crippen LogP contribution in [0, 0.1) is 6.92 Å². The minimum Gasteiger partial charge on any atom is -0.336 e. The van der Waals surface area contributed by atoms with Gasteiger partial charge in [-0.05, 0) is 44.7 Å². The highest BCUT2D eigenvalue weighted by molar-refractivity contribution is 6.30. The number of benzene rings is 1. The predicted octanol–water partition coefficient (Wildman–Crippen LogP) is 3.17. The van der Waals surface area contributed by atoms with E-state index < -0.39 is 0 Å². The molecule has 2 aromatic rings. The fourth-order valence-corrected chi connectivity index (χ4v) is 3.38. The molecule has 0 radical (unpaired) electrons. The average molecular weight is 361 g/mol. The summed E-state index contributed by atoms with van der Waals surface area (Å²) in [6, 6.07) is 7.56. The third-order valence-electron chi connectivity index (χ3n) is 4.75. The van der Waals surface area contributed by atoms with Crippen molar-refractivity contribution >= 4 is 17.5 Å². The maximum atomic E-state index is 13.2. The van der Waals surface area contributed by atoms with Gasteiger partial charge in [0, 0.05) is 31.2 Å². The first kappa shape index (κ1) is 18.0. The maximum absolute atomic E-state index is 13.2. The number of halogens is 1. The van der Waals surface area contributed by atoms with E-state index in [1.54, 1.807) is 0 Å². The Morgan fingerprint density at radius 2 is 1.80 bits per heavy atom.